The summed E-state index contributed by atoms with van der Waals surface area (Å²) in [7, 11) is 0. The Kier molecular flexibility index (Phi) is 10.6. The summed E-state index contributed by atoms with van der Waals surface area (Å²) in [6, 6.07) is 0. The highest BCUT2D eigenvalue weighted by Crippen LogP contribution is 2.12. The highest BCUT2D eigenvalue weighted by Gasteiger charge is 2.15. The summed E-state index contributed by atoms with van der Waals surface area (Å²) in [5.41, 5.74) is 0. The third kappa shape index (κ3) is 7.31. The van der Waals surface area contributed by atoms with E-state index in [0.717, 1.165) is 25.9 Å². The average molecular weight is 260 g/mol. The van der Waals surface area contributed by atoms with Gasteiger partial charge in [0.1, 0.15) is 0 Å². The Labute approximate surface area is 112 Å². The fourth-order valence-corrected chi connectivity index (χ4v) is 2.24. The molecule has 4 nitrogen and oxygen atoms in total. The second kappa shape index (κ2) is 10.7. The molecule has 0 aromatic rings. The Balaban J connectivity index is 3.76. The van der Waals surface area contributed by atoms with Crippen LogP contribution < -0.4 is 5.32 Å². The average Bonchev–Trinajstić information content (AvgIpc) is 2.37. The van der Waals surface area contributed by atoms with Gasteiger partial charge in [-0.2, -0.15) is 0 Å². The maximum absolute atomic E-state index is 9.94. The van der Waals surface area contributed by atoms with Crippen molar-refractivity contribution in [2.24, 2.45) is 5.92 Å². The van der Waals surface area contributed by atoms with Crippen LogP contribution in [-0.2, 0) is 0 Å². The number of aliphatic hydroxyl groups is 2. The van der Waals surface area contributed by atoms with E-state index in [9.17, 15) is 10.2 Å². The largest absolute Gasteiger partial charge is 0.392 e. The summed E-state index contributed by atoms with van der Waals surface area (Å²) in [5.74, 6) is 0.359. The van der Waals surface area contributed by atoms with Crippen molar-refractivity contribution in [1.29, 1.82) is 0 Å². The zero-order valence-electron chi connectivity index (χ0n) is 12.5. The zero-order chi connectivity index (χ0) is 14.0. The van der Waals surface area contributed by atoms with E-state index >= 15 is 0 Å². The van der Waals surface area contributed by atoms with Gasteiger partial charge in [-0.1, -0.05) is 40.5 Å². The van der Waals surface area contributed by atoms with Crippen molar-refractivity contribution in [3.05, 3.63) is 0 Å². The fraction of sp³-hybridized carbons (Fsp3) is 1.00. The van der Waals surface area contributed by atoms with E-state index in [1.165, 1.54) is 0 Å². The second-order valence-corrected chi connectivity index (χ2v) is 4.94. The summed E-state index contributed by atoms with van der Waals surface area (Å²) < 4.78 is 0. The normalized spacial score (nSPS) is 15.3. The Morgan fingerprint density at radius 1 is 0.944 bits per heavy atom. The molecule has 0 radical (unpaired) electrons. The molecule has 2 atom stereocenters. The van der Waals surface area contributed by atoms with Gasteiger partial charge in [-0.05, 0) is 19.0 Å². The molecule has 0 aliphatic rings. The monoisotopic (exact) mass is 260 g/mol. The maximum Gasteiger partial charge on any atom is 0.0791 e. The smallest absolute Gasteiger partial charge is 0.0791 e. The van der Waals surface area contributed by atoms with Gasteiger partial charge in [0, 0.05) is 19.6 Å². The number of hydrogen-bond donors (Lipinski definition) is 3. The van der Waals surface area contributed by atoms with Crippen molar-refractivity contribution in [1.82, 2.24) is 10.2 Å². The number of aliphatic hydroxyl groups excluding tert-OH is 2. The molecule has 3 N–H and O–H groups in total. The predicted molar refractivity (Wildman–Crippen MR) is 76.7 cm³/mol. The molecule has 110 valence electrons. The molecule has 18 heavy (non-hydrogen) atoms. The number of hydrogen-bond acceptors (Lipinski definition) is 4. The van der Waals surface area contributed by atoms with Crippen molar-refractivity contribution in [2.75, 3.05) is 32.7 Å². The first kappa shape index (κ1) is 17.8. The van der Waals surface area contributed by atoms with Crippen LogP contribution in [-0.4, -0.2) is 60.0 Å². The van der Waals surface area contributed by atoms with Crippen molar-refractivity contribution in [3.8, 4) is 0 Å². The summed E-state index contributed by atoms with van der Waals surface area (Å²) >= 11 is 0. The van der Waals surface area contributed by atoms with Crippen LogP contribution in [0.1, 0.15) is 40.5 Å². The SMILES string of the molecule is CCC(CC)C(O)CNCC(O)CN(CC)CC. The number of rotatable bonds is 11. The van der Waals surface area contributed by atoms with Gasteiger partial charge in [0.25, 0.3) is 0 Å². The summed E-state index contributed by atoms with van der Waals surface area (Å²) in [4.78, 5) is 2.20. The Hall–Kier alpha value is -0.160. The molecule has 0 saturated heterocycles. The molecule has 0 aromatic heterocycles. The Bertz CT molecular complexity index is 183. The summed E-state index contributed by atoms with van der Waals surface area (Å²) in [6.45, 7) is 12.1. The van der Waals surface area contributed by atoms with E-state index < -0.39 is 0 Å². The maximum atomic E-state index is 9.94. The topological polar surface area (TPSA) is 55.7 Å². The minimum absolute atomic E-state index is 0.305. The van der Waals surface area contributed by atoms with Gasteiger partial charge in [0.05, 0.1) is 12.2 Å². The molecular weight excluding hydrogens is 228 g/mol. The number of nitrogens with one attached hydrogen (secondary N) is 1. The lowest BCUT2D eigenvalue weighted by molar-refractivity contribution is 0.0861. The molecular formula is C14H32N2O2. The van der Waals surface area contributed by atoms with E-state index in [4.69, 9.17) is 0 Å². The van der Waals surface area contributed by atoms with Crippen molar-refractivity contribution in [3.63, 3.8) is 0 Å². The quantitative estimate of drug-likeness (QED) is 0.520. The van der Waals surface area contributed by atoms with Gasteiger partial charge in [-0.3, -0.25) is 0 Å². The summed E-state index contributed by atoms with van der Waals surface area (Å²) in [5, 5.41) is 23.0. The first-order valence-corrected chi connectivity index (χ1v) is 7.38. The van der Waals surface area contributed by atoms with E-state index in [1.54, 1.807) is 0 Å². The van der Waals surface area contributed by atoms with Gasteiger partial charge >= 0.3 is 0 Å². The van der Waals surface area contributed by atoms with Crippen molar-refractivity contribution in [2.45, 2.75) is 52.7 Å². The first-order chi connectivity index (χ1) is 8.58. The lowest BCUT2D eigenvalue weighted by Crippen LogP contribution is -2.41. The van der Waals surface area contributed by atoms with Gasteiger partial charge in [0.15, 0.2) is 0 Å². The molecule has 2 unspecified atom stereocenters. The molecule has 0 aliphatic heterocycles. The summed E-state index contributed by atoms with van der Waals surface area (Å²) in [6.07, 6.45) is 1.34. The van der Waals surface area contributed by atoms with Crippen LogP contribution in [0.25, 0.3) is 0 Å². The molecule has 0 fully saturated rings. The van der Waals surface area contributed by atoms with E-state index in [-0.39, 0.29) is 12.2 Å². The highest BCUT2D eigenvalue weighted by atomic mass is 16.3. The number of likely N-dealkylation sites (N-methyl/N-ethyl adjacent to an activating group) is 1. The Morgan fingerprint density at radius 2 is 1.50 bits per heavy atom. The lowest BCUT2D eigenvalue weighted by Gasteiger charge is -2.24. The van der Waals surface area contributed by atoms with Crippen LogP contribution in [0.2, 0.25) is 0 Å². The highest BCUT2D eigenvalue weighted by molar-refractivity contribution is 4.71. The minimum atomic E-state index is -0.362. The third-order valence-corrected chi connectivity index (χ3v) is 3.69. The molecule has 0 spiro atoms. The first-order valence-electron chi connectivity index (χ1n) is 7.38. The lowest BCUT2D eigenvalue weighted by atomic mass is 9.96. The van der Waals surface area contributed by atoms with Crippen LogP contribution in [0.15, 0.2) is 0 Å². The van der Waals surface area contributed by atoms with Gasteiger partial charge in [0.2, 0.25) is 0 Å². The van der Waals surface area contributed by atoms with Crippen molar-refractivity contribution < 1.29 is 10.2 Å². The van der Waals surface area contributed by atoms with Gasteiger partial charge in [-0.15, -0.1) is 0 Å². The molecule has 0 saturated carbocycles. The molecule has 0 aromatic carbocycles. The van der Waals surface area contributed by atoms with Gasteiger partial charge < -0.3 is 20.4 Å². The molecule has 4 heteroatoms. The fourth-order valence-electron chi connectivity index (χ4n) is 2.24. The van der Waals surface area contributed by atoms with Gasteiger partial charge in [-0.25, -0.2) is 0 Å². The molecule has 0 amide bonds. The molecule has 0 rings (SSSR count). The van der Waals surface area contributed by atoms with Crippen LogP contribution in [0.5, 0.6) is 0 Å². The van der Waals surface area contributed by atoms with E-state index in [1.807, 2.05) is 0 Å². The standard InChI is InChI=1S/C14H32N2O2/c1-5-12(6-2)14(18)10-15-9-13(17)11-16(7-3)8-4/h12-15,17-18H,5-11H2,1-4H3. The van der Waals surface area contributed by atoms with Crippen LogP contribution in [0.3, 0.4) is 0 Å². The Morgan fingerprint density at radius 3 is 1.94 bits per heavy atom. The molecule has 0 aliphatic carbocycles. The van der Waals surface area contributed by atoms with E-state index in [0.29, 0.717) is 25.6 Å². The predicted octanol–water partition coefficient (Wildman–Crippen LogP) is 1.08. The minimum Gasteiger partial charge on any atom is -0.392 e. The second-order valence-electron chi connectivity index (χ2n) is 4.94. The van der Waals surface area contributed by atoms with Crippen LogP contribution in [0.4, 0.5) is 0 Å². The van der Waals surface area contributed by atoms with Crippen LogP contribution in [0, 0.1) is 5.92 Å². The van der Waals surface area contributed by atoms with Crippen molar-refractivity contribution >= 4 is 0 Å². The van der Waals surface area contributed by atoms with E-state index in [2.05, 4.69) is 37.9 Å². The number of nitrogens with zero attached hydrogens (tertiary/aromatic N) is 1. The third-order valence-electron chi connectivity index (χ3n) is 3.69. The molecule has 0 heterocycles. The zero-order valence-corrected chi connectivity index (χ0v) is 12.5. The van der Waals surface area contributed by atoms with Crippen LogP contribution >= 0.6 is 0 Å². The molecule has 0 bridgehead atoms.